The van der Waals surface area contributed by atoms with Crippen molar-refractivity contribution in [3.63, 3.8) is 0 Å². The van der Waals surface area contributed by atoms with Crippen LogP contribution in [0.2, 0.25) is 0 Å². The summed E-state index contributed by atoms with van der Waals surface area (Å²) < 4.78 is 0. The SMILES string of the molecule is O=CC(C=O)=C(c1ccccc1)c1ccncc1. The van der Waals surface area contributed by atoms with Crippen molar-refractivity contribution in [2.75, 3.05) is 0 Å². The summed E-state index contributed by atoms with van der Waals surface area (Å²) in [5.74, 6) is 0. The Kier molecular flexibility index (Phi) is 3.76. The number of hydrogen-bond acceptors (Lipinski definition) is 3. The number of aromatic nitrogens is 1. The van der Waals surface area contributed by atoms with E-state index >= 15 is 0 Å². The Morgan fingerprint density at radius 3 is 1.94 bits per heavy atom. The lowest BCUT2D eigenvalue weighted by Gasteiger charge is -2.09. The van der Waals surface area contributed by atoms with E-state index in [0.29, 0.717) is 18.1 Å². The van der Waals surface area contributed by atoms with Crippen LogP contribution in [0, 0.1) is 0 Å². The second-order valence-corrected chi connectivity index (χ2v) is 3.67. The molecule has 88 valence electrons. The predicted octanol–water partition coefficient (Wildman–Crippen LogP) is 2.28. The lowest BCUT2D eigenvalue weighted by Crippen LogP contribution is -1.97. The van der Waals surface area contributed by atoms with Crippen LogP contribution in [-0.4, -0.2) is 17.6 Å². The number of nitrogens with zero attached hydrogens (tertiary/aromatic N) is 1. The van der Waals surface area contributed by atoms with Crippen LogP contribution in [0.3, 0.4) is 0 Å². The monoisotopic (exact) mass is 237 g/mol. The molecule has 1 heterocycles. The third kappa shape index (κ3) is 2.40. The summed E-state index contributed by atoms with van der Waals surface area (Å²) in [7, 11) is 0. The summed E-state index contributed by atoms with van der Waals surface area (Å²) in [6.07, 6.45) is 4.42. The highest BCUT2D eigenvalue weighted by Gasteiger charge is 2.10. The second-order valence-electron chi connectivity index (χ2n) is 3.67. The van der Waals surface area contributed by atoms with Gasteiger partial charge in [0.25, 0.3) is 0 Å². The van der Waals surface area contributed by atoms with Gasteiger partial charge in [0, 0.05) is 18.0 Å². The Morgan fingerprint density at radius 2 is 1.39 bits per heavy atom. The van der Waals surface area contributed by atoms with Gasteiger partial charge >= 0.3 is 0 Å². The molecule has 3 heteroatoms. The molecule has 3 nitrogen and oxygen atoms in total. The minimum atomic E-state index is 0.132. The predicted molar refractivity (Wildman–Crippen MR) is 68.8 cm³/mol. The highest BCUT2D eigenvalue weighted by molar-refractivity contribution is 6.11. The van der Waals surface area contributed by atoms with E-state index in [1.54, 1.807) is 24.5 Å². The number of carbonyl (C=O) groups is 2. The number of aldehydes is 2. The molecule has 0 bridgehead atoms. The second kappa shape index (κ2) is 5.68. The van der Waals surface area contributed by atoms with Crippen molar-refractivity contribution in [2.45, 2.75) is 0 Å². The fourth-order valence-electron chi connectivity index (χ4n) is 1.77. The lowest BCUT2D eigenvalue weighted by atomic mass is 9.95. The summed E-state index contributed by atoms with van der Waals surface area (Å²) in [4.78, 5) is 26.0. The first-order chi connectivity index (χ1) is 8.86. The van der Waals surface area contributed by atoms with Gasteiger partial charge in [-0.1, -0.05) is 30.3 Å². The minimum absolute atomic E-state index is 0.132. The first-order valence-corrected chi connectivity index (χ1v) is 5.47. The van der Waals surface area contributed by atoms with Gasteiger partial charge < -0.3 is 0 Å². The van der Waals surface area contributed by atoms with Crippen molar-refractivity contribution in [3.8, 4) is 0 Å². The Labute approximate surface area is 105 Å². The number of rotatable bonds is 4. The molecule has 0 amide bonds. The molecule has 0 radical (unpaired) electrons. The number of pyridine rings is 1. The summed E-state index contributed by atoms with van der Waals surface area (Å²) in [5.41, 5.74) is 2.39. The van der Waals surface area contributed by atoms with Gasteiger partial charge in [0.15, 0.2) is 12.6 Å². The fraction of sp³-hybridized carbons (Fsp3) is 0. The highest BCUT2D eigenvalue weighted by Crippen LogP contribution is 2.24. The van der Waals surface area contributed by atoms with E-state index in [1.165, 1.54) is 0 Å². The van der Waals surface area contributed by atoms with E-state index in [2.05, 4.69) is 4.98 Å². The van der Waals surface area contributed by atoms with Gasteiger partial charge in [-0.25, -0.2) is 0 Å². The van der Waals surface area contributed by atoms with Crippen LogP contribution in [0.4, 0.5) is 0 Å². The van der Waals surface area contributed by atoms with Gasteiger partial charge in [-0.2, -0.15) is 0 Å². The topological polar surface area (TPSA) is 47.0 Å². The molecule has 1 aromatic carbocycles. The van der Waals surface area contributed by atoms with Gasteiger partial charge in [0.1, 0.15) is 0 Å². The van der Waals surface area contributed by atoms with Crippen LogP contribution >= 0.6 is 0 Å². The molecule has 1 aromatic heterocycles. The zero-order valence-electron chi connectivity index (χ0n) is 9.61. The molecule has 0 N–H and O–H groups in total. The maximum absolute atomic E-state index is 11.0. The molecule has 0 unspecified atom stereocenters. The van der Waals surface area contributed by atoms with E-state index in [0.717, 1.165) is 11.1 Å². The molecule has 0 aliphatic rings. The van der Waals surface area contributed by atoms with E-state index in [9.17, 15) is 9.59 Å². The van der Waals surface area contributed by atoms with Crippen LogP contribution in [0.1, 0.15) is 11.1 Å². The van der Waals surface area contributed by atoms with Crippen molar-refractivity contribution in [1.29, 1.82) is 0 Å². The maximum Gasteiger partial charge on any atom is 0.153 e. The summed E-state index contributed by atoms with van der Waals surface area (Å²) in [6, 6.07) is 12.9. The van der Waals surface area contributed by atoms with E-state index in [-0.39, 0.29) is 5.57 Å². The molecular weight excluding hydrogens is 226 g/mol. The number of benzene rings is 1. The first-order valence-electron chi connectivity index (χ1n) is 5.47. The van der Waals surface area contributed by atoms with Crippen LogP contribution < -0.4 is 0 Å². The van der Waals surface area contributed by atoms with Crippen LogP contribution in [-0.2, 0) is 9.59 Å². The van der Waals surface area contributed by atoms with Gasteiger partial charge in [0.2, 0.25) is 0 Å². The largest absolute Gasteiger partial charge is 0.298 e. The summed E-state index contributed by atoms with van der Waals surface area (Å²) in [6.45, 7) is 0. The van der Waals surface area contributed by atoms with Crippen molar-refractivity contribution >= 4 is 18.1 Å². The molecule has 0 atom stereocenters. The summed E-state index contributed by atoms with van der Waals surface area (Å²) >= 11 is 0. The number of hydrogen-bond donors (Lipinski definition) is 0. The minimum Gasteiger partial charge on any atom is -0.298 e. The third-order valence-corrected chi connectivity index (χ3v) is 2.57. The van der Waals surface area contributed by atoms with Crippen LogP contribution in [0.5, 0.6) is 0 Å². The molecule has 0 saturated heterocycles. The van der Waals surface area contributed by atoms with Gasteiger partial charge in [-0.15, -0.1) is 0 Å². The van der Waals surface area contributed by atoms with Crippen molar-refractivity contribution < 1.29 is 9.59 Å². The zero-order valence-corrected chi connectivity index (χ0v) is 9.61. The van der Waals surface area contributed by atoms with E-state index in [1.807, 2.05) is 30.3 Å². The molecule has 2 rings (SSSR count). The normalized spacial score (nSPS) is 9.56. The zero-order chi connectivity index (χ0) is 12.8. The van der Waals surface area contributed by atoms with Gasteiger partial charge in [-0.05, 0) is 23.3 Å². The van der Waals surface area contributed by atoms with Crippen LogP contribution in [0.15, 0.2) is 60.4 Å². The van der Waals surface area contributed by atoms with Gasteiger partial charge in [-0.3, -0.25) is 14.6 Å². The molecule has 2 aromatic rings. The number of allylic oxidation sites excluding steroid dienone is 1. The Balaban J connectivity index is 2.67. The molecule has 18 heavy (non-hydrogen) atoms. The van der Waals surface area contributed by atoms with E-state index in [4.69, 9.17) is 0 Å². The van der Waals surface area contributed by atoms with Crippen molar-refractivity contribution in [2.24, 2.45) is 0 Å². The first kappa shape index (κ1) is 11.9. The Hall–Kier alpha value is -2.55. The van der Waals surface area contributed by atoms with E-state index < -0.39 is 0 Å². The summed E-state index contributed by atoms with van der Waals surface area (Å²) in [5, 5.41) is 0. The average Bonchev–Trinajstić information content (AvgIpc) is 2.46. The van der Waals surface area contributed by atoms with Crippen molar-refractivity contribution in [1.82, 2.24) is 4.98 Å². The highest BCUT2D eigenvalue weighted by atomic mass is 16.1. The molecular formula is C15H11NO2. The molecule has 0 spiro atoms. The number of carbonyl (C=O) groups excluding carboxylic acids is 2. The molecule has 0 fully saturated rings. The van der Waals surface area contributed by atoms with Gasteiger partial charge in [0.05, 0.1) is 5.57 Å². The average molecular weight is 237 g/mol. The Bertz CT molecular complexity index is 522. The molecule has 0 aliphatic carbocycles. The Morgan fingerprint density at radius 1 is 0.833 bits per heavy atom. The smallest absolute Gasteiger partial charge is 0.153 e. The van der Waals surface area contributed by atoms with Crippen LogP contribution in [0.25, 0.3) is 5.57 Å². The third-order valence-electron chi connectivity index (χ3n) is 2.57. The standard InChI is InChI=1S/C15H11NO2/c17-10-14(11-18)15(12-4-2-1-3-5-12)13-6-8-16-9-7-13/h1-11H. The lowest BCUT2D eigenvalue weighted by molar-refractivity contribution is -0.109. The molecule has 0 aliphatic heterocycles. The maximum atomic E-state index is 11.0. The quantitative estimate of drug-likeness (QED) is 0.355. The molecule has 0 saturated carbocycles. The fourth-order valence-corrected chi connectivity index (χ4v) is 1.77. The van der Waals surface area contributed by atoms with Crippen molar-refractivity contribution in [3.05, 3.63) is 71.6 Å².